The molecule has 0 saturated carbocycles. The minimum Gasteiger partial charge on any atom is -0.359 e. The van der Waals surface area contributed by atoms with Crippen molar-refractivity contribution in [1.82, 2.24) is 10.2 Å². The molecule has 4 nitrogen and oxygen atoms in total. The van der Waals surface area contributed by atoms with Gasteiger partial charge in [-0.25, -0.2) is 0 Å². The molecule has 1 rings (SSSR count). The monoisotopic (exact) mass is 277 g/mol. The number of thiocarbonyl (C=S) groups is 1. The molecule has 0 atom stereocenters. The van der Waals surface area contributed by atoms with Gasteiger partial charge in [-0.2, -0.15) is 0 Å². The Hall–Kier alpha value is -1.88. The number of rotatable bonds is 5. The Morgan fingerprint density at radius 3 is 2.63 bits per heavy atom. The van der Waals surface area contributed by atoms with E-state index in [0.717, 1.165) is 11.3 Å². The van der Waals surface area contributed by atoms with Gasteiger partial charge in [0.05, 0.1) is 6.54 Å². The number of carbonyl (C=O) groups is 1. The van der Waals surface area contributed by atoms with E-state index in [9.17, 15) is 4.79 Å². The second-order valence-corrected chi connectivity index (χ2v) is 4.63. The third-order valence-electron chi connectivity index (χ3n) is 2.46. The highest BCUT2D eigenvalue weighted by atomic mass is 32.1. The molecule has 2 N–H and O–H groups in total. The summed E-state index contributed by atoms with van der Waals surface area (Å²) >= 11 is 5.13. The van der Waals surface area contributed by atoms with Crippen LogP contribution in [-0.2, 0) is 4.79 Å². The van der Waals surface area contributed by atoms with Gasteiger partial charge in [-0.3, -0.25) is 4.79 Å². The molecule has 0 saturated heterocycles. The van der Waals surface area contributed by atoms with E-state index in [1.807, 2.05) is 31.2 Å². The molecule has 1 aromatic carbocycles. The van der Waals surface area contributed by atoms with Crippen molar-refractivity contribution in [3.05, 3.63) is 42.5 Å². The van der Waals surface area contributed by atoms with E-state index < -0.39 is 0 Å². The van der Waals surface area contributed by atoms with Crippen LogP contribution in [0.3, 0.4) is 0 Å². The topological polar surface area (TPSA) is 44.4 Å². The number of anilines is 1. The Morgan fingerprint density at radius 1 is 1.42 bits per heavy atom. The maximum atomic E-state index is 11.8. The minimum absolute atomic E-state index is 0.103. The number of benzene rings is 1. The van der Waals surface area contributed by atoms with Crippen LogP contribution < -0.4 is 10.6 Å². The van der Waals surface area contributed by atoms with Crippen molar-refractivity contribution in [3.8, 4) is 0 Å². The molecule has 0 spiro atoms. The fraction of sp³-hybridized carbons (Fsp3) is 0.286. The van der Waals surface area contributed by atoms with Crippen LogP contribution in [-0.4, -0.2) is 36.1 Å². The number of carbonyl (C=O) groups excluding carboxylic acids is 1. The van der Waals surface area contributed by atoms with Crippen molar-refractivity contribution in [2.45, 2.75) is 6.92 Å². The largest absolute Gasteiger partial charge is 0.359 e. The second kappa shape index (κ2) is 7.53. The van der Waals surface area contributed by atoms with Crippen LogP contribution in [0.1, 0.15) is 5.56 Å². The smallest absolute Gasteiger partial charge is 0.243 e. The summed E-state index contributed by atoms with van der Waals surface area (Å²) in [6.45, 7) is 6.39. The molecule has 0 aliphatic heterocycles. The van der Waals surface area contributed by atoms with Crippen LogP contribution in [0.2, 0.25) is 0 Å². The number of nitrogens with one attached hydrogen (secondary N) is 2. The molecule has 0 heterocycles. The molecule has 1 amide bonds. The average molecular weight is 277 g/mol. The fourth-order valence-corrected chi connectivity index (χ4v) is 1.57. The summed E-state index contributed by atoms with van der Waals surface area (Å²) in [7, 11) is 1.77. The van der Waals surface area contributed by atoms with E-state index >= 15 is 0 Å². The zero-order chi connectivity index (χ0) is 14.3. The Balaban J connectivity index is 2.44. The zero-order valence-corrected chi connectivity index (χ0v) is 12.1. The predicted molar refractivity (Wildman–Crippen MR) is 83.2 cm³/mol. The van der Waals surface area contributed by atoms with Crippen LogP contribution in [0, 0.1) is 6.92 Å². The first kappa shape index (κ1) is 15.2. The highest BCUT2D eigenvalue weighted by Gasteiger charge is 2.09. The van der Waals surface area contributed by atoms with Gasteiger partial charge in [-0.1, -0.05) is 23.8 Å². The summed E-state index contributed by atoms with van der Waals surface area (Å²) in [6.07, 6.45) is 1.71. The van der Waals surface area contributed by atoms with Gasteiger partial charge in [0.15, 0.2) is 5.11 Å². The van der Waals surface area contributed by atoms with Gasteiger partial charge in [0, 0.05) is 19.3 Å². The number of hydrogen-bond donors (Lipinski definition) is 2. The quantitative estimate of drug-likeness (QED) is 0.637. The molecule has 5 heteroatoms. The SMILES string of the molecule is C=CCNC(=S)N(C)CC(=O)Nc1ccc(C)cc1. The van der Waals surface area contributed by atoms with Gasteiger partial charge < -0.3 is 15.5 Å². The van der Waals surface area contributed by atoms with Crippen molar-refractivity contribution in [2.24, 2.45) is 0 Å². The van der Waals surface area contributed by atoms with Crippen molar-refractivity contribution < 1.29 is 4.79 Å². The van der Waals surface area contributed by atoms with Crippen molar-refractivity contribution in [3.63, 3.8) is 0 Å². The first-order valence-corrected chi connectivity index (χ1v) is 6.40. The number of aryl methyl sites for hydroxylation is 1. The van der Waals surface area contributed by atoms with Gasteiger partial charge >= 0.3 is 0 Å². The van der Waals surface area contributed by atoms with Gasteiger partial charge in [0.2, 0.25) is 5.91 Å². The minimum atomic E-state index is -0.103. The molecular formula is C14H19N3OS. The van der Waals surface area contributed by atoms with E-state index in [-0.39, 0.29) is 12.5 Å². The molecular weight excluding hydrogens is 258 g/mol. The molecule has 0 bridgehead atoms. The highest BCUT2D eigenvalue weighted by Crippen LogP contribution is 2.08. The maximum Gasteiger partial charge on any atom is 0.243 e. The fourth-order valence-electron chi connectivity index (χ4n) is 1.42. The molecule has 0 fully saturated rings. The summed E-state index contributed by atoms with van der Waals surface area (Å²) < 4.78 is 0. The van der Waals surface area contributed by atoms with Gasteiger partial charge in [-0.05, 0) is 31.3 Å². The normalized spacial score (nSPS) is 9.58. The molecule has 0 unspecified atom stereocenters. The molecule has 0 aromatic heterocycles. The number of hydrogen-bond acceptors (Lipinski definition) is 2. The van der Waals surface area contributed by atoms with Crippen LogP contribution >= 0.6 is 12.2 Å². The maximum absolute atomic E-state index is 11.8. The third kappa shape index (κ3) is 5.52. The van der Waals surface area contributed by atoms with Gasteiger partial charge in [0.25, 0.3) is 0 Å². The van der Waals surface area contributed by atoms with E-state index in [0.29, 0.717) is 11.7 Å². The summed E-state index contributed by atoms with van der Waals surface area (Å²) in [5.74, 6) is -0.103. The van der Waals surface area contributed by atoms with E-state index in [1.165, 1.54) is 0 Å². The number of likely N-dealkylation sites (N-methyl/N-ethyl adjacent to an activating group) is 1. The molecule has 0 radical (unpaired) electrons. The van der Waals surface area contributed by atoms with Crippen molar-refractivity contribution in [1.29, 1.82) is 0 Å². The lowest BCUT2D eigenvalue weighted by Gasteiger charge is -2.19. The molecule has 19 heavy (non-hydrogen) atoms. The number of amides is 1. The van der Waals surface area contributed by atoms with E-state index in [4.69, 9.17) is 12.2 Å². The summed E-state index contributed by atoms with van der Waals surface area (Å²) in [5, 5.41) is 6.32. The summed E-state index contributed by atoms with van der Waals surface area (Å²) in [4.78, 5) is 13.5. The van der Waals surface area contributed by atoms with Crippen LogP contribution in [0.4, 0.5) is 5.69 Å². The predicted octanol–water partition coefficient (Wildman–Crippen LogP) is 1.93. The van der Waals surface area contributed by atoms with Crippen LogP contribution in [0.15, 0.2) is 36.9 Å². The van der Waals surface area contributed by atoms with E-state index in [1.54, 1.807) is 18.0 Å². The standard InChI is InChI=1S/C14H19N3OS/c1-4-9-15-14(19)17(3)10-13(18)16-12-7-5-11(2)6-8-12/h4-8H,1,9-10H2,2-3H3,(H,15,19)(H,16,18). The van der Waals surface area contributed by atoms with Crippen LogP contribution in [0.25, 0.3) is 0 Å². The summed E-state index contributed by atoms with van der Waals surface area (Å²) in [5.41, 5.74) is 1.94. The van der Waals surface area contributed by atoms with Crippen molar-refractivity contribution in [2.75, 3.05) is 25.5 Å². The van der Waals surface area contributed by atoms with Crippen LogP contribution in [0.5, 0.6) is 0 Å². The van der Waals surface area contributed by atoms with Gasteiger partial charge in [-0.15, -0.1) is 6.58 Å². The zero-order valence-electron chi connectivity index (χ0n) is 11.3. The molecule has 0 aliphatic carbocycles. The Kier molecular flexibility index (Phi) is 6.02. The molecule has 0 aliphatic rings. The lowest BCUT2D eigenvalue weighted by Crippen LogP contribution is -2.41. The number of nitrogens with zero attached hydrogens (tertiary/aromatic N) is 1. The molecule has 1 aromatic rings. The van der Waals surface area contributed by atoms with Crippen molar-refractivity contribution >= 4 is 28.9 Å². The van der Waals surface area contributed by atoms with E-state index in [2.05, 4.69) is 17.2 Å². The van der Waals surface area contributed by atoms with Gasteiger partial charge in [0.1, 0.15) is 0 Å². The lowest BCUT2D eigenvalue weighted by atomic mass is 10.2. The Bertz CT molecular complexity index is 456. The Morgan fingerprint density at radius 2 is 2.05 bits per heavy atom. The lowest BCUT2D eigenvalue weighted by molar-refractivity contribution is -0.116. The highest BCUT2D eigenvalue weighted by molar-refractivity contribution is 7.80. The first-order chi connectivity index (χ1) is 9.02. The summed E-state index contributed by atoms with van der Waals surface area (Å²) in [6, 6.07) is 7.66. The average Bonchev–Trinajstić information content (AvgIpc) is 2.38. The second-order valence-electron chi connectivity index (χ2n) is 4.24. The first-order valence-electron chi connectivity index (χ1n) is 5.99. The molecule has 102 valence electrons. The third-order valence-corrected chi connectivity index (χ3v) is 2.92. The Labute approximate surface area is 119 Å².